The fourth-order valence-electron chi connectivity index (χ4n) is 3.13. The molecule has 24 heavy (non-hydrogen) atoms. The standard InChI is InChI=1S/C18H15FN2O2S/c19-13-5-1-4-12(10-13)15-6-2-8-21(15)18(22)14-11-16(23-20-14)17-7-3-9-24-17/h1,3-5,7,9-11,15H,2,6,8H2/t15-/m0/s1. The minimum absolute atomic E-state index is 0.116. The van der Waals surface area contributed by atoms with Crippen LogP contribution in [0.25, 0.3) is 10.6 Å². The second-order valence-electron chi connectivity index (χ2n) is 5.77. The number of hydrogen-bond acceptors (Lipinski definition) is 4. The van der Waals surface area contributed by atoms with Gasteiger partial charge in [0.2, 0.25) is 0 Å². The van der Waals surface area contributed by atoms with Crippen molar-refractivity contribution in [2.75, 3.05) is 6.54 Å². The maximum Gasteiger partial charge on any atom is 0.276 e. The van der Waals surface area contributed by atoms with E-state index in [1.807, 2.05) is 23.6 Å². The first-order valence-corrected chi connectivity index (χ1v) is 8.67. The highest BCUT2D eigenvalue weighted by Gasteiger charge is 2.32. The molecular formula is C18H15FN2O2S. The van der Waals surface area contributed by atoms with Crippen molar-refractivity contribution in [1.82, 2.24) is 10.1 Å². The van der Waals surface area contributed by atoms with Crippen LogP contribution in [-0.2, 0) is 0 Å². The molecule has 3 heterocycles. The molecule has 0 unspecified atom stereocenters. The number of rotatable bonds is 3. The average molecular weight is 342 g/mol. The summed E-state index contributed by atoms with van der Waals surface area (Å²) >= 11 is 1.53. The van der Waals surface area contributed by atoms with Gasteiger partial charge in [-0.15, -0.1) is 11.3 Å². The summed E-state index contributed by atoms with van der Waals surface area (Å²) < 4.78 is 18.8. The summed E-state index contributed by atoms with van der Waals surface area (Å²) in [5, 5.41) is 5.87. The van der Waals surface area contributed by atoms with Crippen molar-refractivity contribution in [2.24, 2.45) is 0 Å². The highest BCUT2D eigenvalue weighted by Crippen LogP contribution is 2.34. The molecule has 4 rings (SSSR count). The van der Waals surface area contributed by atoms with E-state index in [0.717, 1.165) is 23.3 Å². The summed E-state index contributed by atoms with van der Waals surface area (Å²) in [5.41, 5.74) is 1.12. The zero-order chi connectivity index (χ0) is 16.5. The Morgan fingerprint density at radius 2 is 2.21 bits per heavy atom. The van der Waals surface area contributed by atoms with Crippen molar-refractivity contribution in [1.29, 1.82) is 0 Å². The summed E-state index contributed by atoms with van der Waals surface area (Å²) in [4.78, 5) is 15.5. The minimum atomic E-state index is -0.284. The van der Waals surface area contributed by atoms with E-state index in [-0.39, 0.29) is 17.8 Å². The number of nitrogens with zero attached hydrogens (tertiary/aromatic N) is 2. The van der Waals surface area contributed by atoms with Gasteiger partial charge < -0.3 is 9.42 Å². The van der Waals surface area contributed by atoms with Crippen LogP contribution in [0.5, 0.6) is 0 Å². The molecule has 0 N–H and O–H groups in total. The van der Waals surface area contributed by atoms with E-state index >= 15 is 0 Å². The number of halogens is 1. The van der Waals surface area contributed by atoms with Gasteiger partial charge in [-0.25, -0.2) is 4.39 Å². The number of thiophene rings is 1. The summed E-state index contributed by atoms with van der Waals surface area (Å²) in [5.74, 6) is 0.136. The van der Waals surface area contributed by atoms with Gasteiger partial charge in [-0.1, -0.05) is 23.4 Å². The first-order valence-electron chi connectivity index (χ1n) is 7.79. The quantitative estimate of drug-likeness (QED) is 0.703. The van der Waals surface area contributed by atoms with Crippen LogP contribution in [0.1, 0.15) is 34.9 Å². The topological polar surface area (TPSA) is 46.3 Å². The predicted octanol–water partition coefficient (Wildman–Crippen LogP) is 4.52. The third-order valence-electron chi connectivity index (χ3n) is 4.24. The van der Waals surface area contributed by atoms with Crippen molar-refractivity contribution < 1.29 is 13.7 Å². The summed E-state index contributed by atoms with van der Waals surface area (Å²) in [7, 11) is 0. The maximum atomic E-state index is 13.5. The highest BCUT2D eigenvalue weighted by molar-refractivity contribution is 7.13. The van der Waals surface area contributed by atoms with Crippen molar-refractivity contribution >= 4 is 17.2 Å². The van der Waals surface area contributed by atoms with Crippen molar-refractivity contribution in [2.45, 2.75) is 18.9 Å². The Morgan fingerprint density at radius 1 is 1.29 bits per heavy atom. The fourth-order valence-corrected chi connectivity index (χ4v) is 3.80. The summed E-state index contributed by atoms with van der Waals surface area (Å²) in [6, 6.07) is 11.8. The van der Waals surface area contributed by atoms with Gasteiger partial charge in [-0.05, 0) is 42.0 Å². The SMILES string of the molecule is O=C(c1cc(-c2cccs2)on1)N1CCC[C@H]1c1cccc(F)c1. The molecule has 1 aromatic carbocycles. The number of carbonyl (C=O) groups is 1. The van der Waals surface area contributed by atoms with Crippen LogP contribution in [0.2, 0.25) is 0 Å². The number of aromatic nitrogens is 1. The van der Waals surface area contributed by atoms with E-state index in [1.54, 1.807) is 17.0 Å². The Balaban J connectivity index is 1.59. The molecule has 1 aliphatic heterocycles. The number of benzene rings is 1. The predicted molar refractivity (Wildman–Crippen MR) is 89.2 cm³/mol. The molecule has 1 saturated heterocycles. The first kappa shape index (κ1) is 15.1. The minimum Gasteiger partial charge on any atom is -0.355 e. The van der Waals surface area contributed by atoms with E-state index in [1.165, 1.54) is 23.5 Å². The molecule has 4 nitrogen and oxygen atoms in total. The van der Waals surface area contributed by atoms with Gasteiger partial charge in [0.05, 0.1) is 10.9 Å². The Bertz CT molecular complexity index is 860. The molecule has 0 radical (unpaired) electrons. The third kappa shape index (κ3) is 2.73. The van der Waals surface area contributed by atoms with Gasteiger partial charge in [-0.3, -0.25) is 4.79 Å². The monoisotopic (exact) mass is 342 g/mol. The molecular weight excluding hydrogens is 327 g/mol. The van der Waals surface area contributed by atoms with E-state index < -0.39 is 0 Å². The largest absolute Gasteiger partial charge is 0.355 e. The van der Waals surface area contributed by atoms with Gasteiger partial charge in [-0.2, -0.15) is 0 Å². The Hall–Kier alpha value is -2.47. The molecule has 1 aliphatic rings. The molecule has 2 aromatic heterocycles. The van der Waals surface area contributed by atoms with Crippen molar-refractivity contribution in [3.8, 4) is 10.6 Å². The van der Waals surface area contributed by atoms with Gasteiger partial charge in [0.25, 0.3) is 5.91 Å². The Kier molecular flexibility index (Phi) is 3.90. The molecule has 0 spiro atoms. The molecule has 0 bridgehead atoms. The summed E-state index contributed by atoms with van der Waals surface area (Å²) in [6.07, 6.45) is 1.72. The van der Waals surface area contributed by atoms with Crippen LogP contribution in [0.3, 0.4) is 0 Å². The lowest BCUT2D eigenvalue weighted by molar-refractivity contribution is 0.0725. The van der Waals surface area contributed by atoms with Gasteiger partial charge in [0, 0.05) is 12.6 Å². The van der Waals surface area contributed by atoms with Crippen LogP contribution >= 0.6 is 11.3 Å². The van der Waals surface area contributed by atoms with Gasteiger partial charge in [0.1, 0.15) is 5.82 Å². The number of likely N-dealkylation sites (tertiary alicyclic amines) is 1. The zero-order valence-electron chi connectivity index (χ0n) is 12.8. The van der Waals surface area contributed by atoms with Gasteiger partial charge >= 0.3 is 0 Å². The number of carbonyl (C=O) groups excluding carboxylic acids is 1. The lowest BCUT2D eigenvalue weighted by Gasteiger charge is -2.24. The van der Waals surface area contributed by atoms with Crippen LogP contribution in [0.4, 0.5) is 4.39 Å². The normalized spacial score (nSPS) is 17.4. The molecule has 6 heteroatoms. The lowest BCUT2D eigenvalue weighted by Crippen LogP contribution is -2.30. The van der Waals surface area contributed by atoms with Crippen molar-refractivity contribution in [3.05, 3.63) is 64.9 Å². The second-order valence-corrected chi connectivity index (χ2v) is 6.71. The summed E-state index contributed by atoms with van der Waals surface area (Å²) in [6.45, 7) is 0.640. The highest BCUT2D eigenvalue weighted by atomic mass is 32.1. The molecule has 1 atom stereocenters. The number of hydrogen-bond donors (Lipinski definition) is 0. The van der Waals surface area contributed by atoms with Crippen LogP contribution in [0.15, 0.2) is 52.4 Å². The maximum absolute atomic E-state index is 13.5. The zero-order valence-corrected chi connectivity index (χ0v) is 13.6. The average Bonchev–Trinajstić information content (AvgIpc) is 3.33. The molecule has 0 saturated carbocycles. The second kappa shape index (κ2) is 6.20. The van der Waals surface area contributed by atoms with E-state index in [9.17, 15) is 9.18 Å². The van der Waals surface area contributed by atoms with E-state index in [2.05, 4.69) is 5.16 Å². The third-order valence-corrected chi connectivity index (χ3v) is 5.12. The molecule has 0 aliphatic carbocycles. The van der Waals surface area contributed by atoms with Crippen LogP contribution in [-0.4, -0.2) is 22.5 Å². The van der Waals surface area contributed by atoms with Crippen LogP contribution in [0, 0.1) is 5.82 Å². The lowest BCUT2D eigenvalue weighted by atomic mass is 10.0. The Labute approximate surface area is 142 Å². The van der Waals surface area contributed by atoms with Gasteiger partial charge in [0.15, 0.2) is 11.5 Å². The molecule has 1 amide bonds. The van der Waals surface area contributed by atoms with E-state index in [4.69, 9.17) is 4.52 Å². The fraction of sp³-hybridized carbons (Fsp3) is 0.222. The number of amides is 1. The first-order chi connectivity index (χ1) is 11.7. The molecule has 3 aromatic rings. The van der Waals surface area contributed by atoms with Crippen LogP contribution < -0.4 is 0 Å². The van der Waals surface area contributed by atoms with E-state index in [0.29, 0.717) is 18.0 Å². The molecule has 122 valence electrons. The van der Waals surface area contributed by atoms with Crippen molar-refractivity contribution in [3.63, 3.8) is 0 Å². The Morgan fingerprint density at radius 3 is 3.00 bits per heavy atom. The smallest absolute Gasteiger partial charge is 0.276 e. The molecule has 1 fully saturated rings.